The van der Waals surface area contributed by atoms with Crippen LogP contribution in [0.15, 0.2) is 60.7 Å². The zero-order valence-corrected chi connectivity index (χ0v) is 15.3. The summed E-state index contributed by atoms with van der Waals surface area (Å²) in [6.45, 7) is 1.86. The minimum atomic E-state index is -0.485. The molecule has 0 spiro atoms. The van der Waals surface area contributed by atoms with E-state index in [0.717, 1.165) is 6.42 Å². The second-order valence-corrected chi connectivity index (χ2v) is 6.77. The molecule has 5 nitrogen and oxygen atoms in total. The molecule has 27 heavy (non-hydrogen) atoms. The molecule has 1 fully saturated rings. The molecular formula is C22H24O5. The van der Waals surface area contributed by atoms with E-state index in [1.54, 1.807) is 48.5 Å². The van der Waals surface area contributed by atoms with Crippen molar-refractivity contribution >= 4 is 11.9 Å². The molecule has 0 saturated heterocycles. The number of aliphatic hydroxyl groups excluding tert-OH is 1. The van der Waals surface area contributed by atoms with Crippen LogP contribution in [-0.4, -0.2) is 35.9 Å². The molecule has 0 heterocycles. The topological polar surface area (TPSA) is 72.8 Å². The van der Waals surface area contributed by atoms with Gasteiger partial charge in [-0.05, 0) is 30.7 Å². The lowest BCUT2D eigenvalue weighted by atomic mass is 9.92. The largest absolute Gasteiger partial charge is 0.458 e. The first-order valence-electron chi connectivity index (χ1n) is 9.27. The summed E-state index contributed by atoms with van der Waals surface area (Å²) in [7, 11) is 0. The maximum atomic E-state index is 12.4. The van der Waals surface area contributed by atoms with E-state index in [0.29, 0.717) is 17.5 Å². The van der Waals surface area contributed by atoms with Gasteiger partial charge in [0, 0.05) is 24.9 Å². The average molecular weight is 368 g/mol. The van der Waals surface area contributed by atoms with E-state index in [-0.39, 0.29) is 18.4 Å². The van der Waals surface area contributed by atoms with Gasteiger partial charge in [0.1, 0.15) is 12.2 Å². The molecule has 1 saturated carbocycles. The van der Waals surface area contributed by atoms with Gasteiger partial charge in [0.2, 0.25) is 0 Å². The minimum absolute atomic E-state index is 0.0590. The van der Waals surface area contributed by atoms with E-state index in [4.69, 9.17) is 9.47 Å². The van der Waals surface area contributed by atoms with Gasteiger partial charge < -0.3 is 14.6 Å². The van der Waals surface area contributed by atoms with Crippen LogP contribution in [0.25, 0.3) is 0 Å². The second-order valence-electron chi connectivity index (χ2n) is 6.77. The van der Waals surface area contributed by atoms with Crippen molar-refractivity contribution in [2.24, 2.45) is 11.8 Å². The van der Waals surface area contributed by atoms with Crippen LogP contribution in [0, 0.1) is 11.8 Å². The third-order valence-corrected chi connectivity index (χ3v) is 5.19. The van der Waals surface area contributed by atoms with Crippen LogP contribution in [-0.2, 0) is 9.47 Å². The molecule has 2 aromatic rings. The van der Waals surface area contributed by atoms with Gasteiger partial charge in [-0.1, -0.05) is 43.3 Å². The van der Waals surface area contributed by atoms with Crippen LogP contribution in [0.1, 0.15) is 40.5 Å². The number of hydrogen-bond acceptors (Lipinski definition) is 5. The van der Waals surface area contributed by atoms with Crippen molar-refractivity contribution in [3.63, 3.8) is 0 Å². The van der Waals surface area contributed by atoms with Gasteiger partial charge in [0.25, 0.3) is 0 Å². The molecule has 1 aliphatic carbocycles. The molecule has 1 aliphatic rings. The summed E-state index contributed by atoms with van der Waals surface area (Å²) < 4.78 is 11.4. The molecular weight excluding hydrogens is 344 g/mol. The Labute approximate surface area is 158 Å². The Kier molecular flexibility index (Phi) is 6.24. The standard InChI is InChI=1S/C22H24O5/c1-2-17-18(14-23)20(27-22(25)16-11-7-4-8-12-16)13-19(17)26-21(24)15-9-5-3-6-10-15/h3-12,17-20,23H,2,13-14H2,1H3/t17-,18+,19-,20+/m1/s1. The molecule has 0 aliphatic heterocycles. The number of benzene rings is 2. The summed E-state index contributed by atoms with van der Waals surface area (Å²) >= 11 is 0. The molecule has 1 N–H and O–H groups in total. The zero-order chi connectivity index (χ0) is 19.2. The third-order valence-electron chi connectivity index (χ3n) is 5.19. The van der Waals surface area contributed by atoms with Crippen molar-refractivity contribution in [2.75, 3.05) is 6.61 Å². The van der Waals surface area contributed by atoms with Crippen molar-refractivity contribution in [1.29, 1.82) is 0 Å². The van der Waals surface area contributed by atoms with Gasteiger partial charge in [-0.25, -0.2) is 9.59 Å². The first-order chi connectivity index (χ1) is 13.1. The van der Waals surface area contributed by atoms with Crippen molar-refractivity contribution in [3.8, 4) is 0 Å². The van der Waals surface area contributed by atoms with Crippen LogP contribution < -0.4 is 0 Å². The lowest BCUT2D eigenvalue weighted by molar-refractivity contribution is 0.00711. The van der Waals surface area contributed by atoms with Gasteiger partial charge in [0.15, 0.2) is 0 Å². The van der Waals surface area contributed by atoms with Gasteiger partial charge in [0.05, 0.1) is 11.1 Å². The average Bonchev–Trinajstić information content (AvgIpc) is 3.04. The Balaban J connectivity index is 1.71. The summed E-state index contributed by atoms with van der Waals surface area (Å²) in [5.74, 6) is -1.14. The zero-order valence-electron chi connectivity index (χ0n) is 15.3. The Hall–Kier alpha value is -2.66. The summed E-state index contributed by atoms with van der Waals surface area (Å²) in [6, 6.07) is 17.6. The number of hydrogen-bond donors (Lipinski definition) is 1. The Morgan fingerprint density at radius 1 is 0.852 bits per heavy atom. The summed E-state index contributed by atoms with van der Waals surface area (Å²) in [5, 5.41) is 9.86. The number of esters is 2. The van der Waals surface area contributed by atoms with Gasteiger partial charge >= 0.3 is 11.9 Å². The molecule has 0 aromatic heterocycles. The van der Waals surface area contributed by atoms with E-state index in [9.17, 15) is 14.7 Å². The van der Waals surface area contributed by atoms with Crippen molar-refractivity contribution in [2.45, 2.75) is 32.0 Å². The highest BCUT2D eigenvalue weighted by Crippen LogP contribution is 2.39. The predicted molar refractivity (Wildman–Crippen MR) is 100 cm³/mol. The van der Waals surface area contributed by atoms with Crippen molar-refractivity contribution in [1.82, 2.24) is 0 Å². The molecule has 4 atom stereocenters. The summed E-state index contributed by atoms with van der Waals surface area (Å²) in [5.41, 5.74) is 0.949. The molecule has 0 unspecified atom stereocenters. The van der Waals surface area contributed by atoms with Gasteiger partial charge in [-0.2, -0.15) is 0 Å². The second kappa shape index (κ2) is 8.82. The monoisotopic (exact) mass is 368 g/mol. The van der Waals surface area contributed by atoms with Crippen LogP contribution >= 0.6 is 0 Å². The minimum Gasteiger partial charge on any atom is -0.458 e. The molecule has 5 heteroatoms. The third kappa shape index (κ3) is 4.37. The van der Waals surface area contributed by atoms with E-state index in [1.165, 1.54) is 0 Å². The molecule has 0 bridgehead atoms. The Bertz CT molecular complexity index is 693. The molecule has 3 rings (SSSR count). The number of rotatable bonds is 6. The fourth-order valence-corrected chi connectivity index (χ4v) is 3.78. The number of aliphatic hydroxyl groups is 1. The smallest absolute Gasteiger partial charge is 0.338 e. The highest BCUT2D eigenvalue weighted by molar-refractivity contribution is 5.90. The molecule has 0 amide bonds. The summed E-state index contributed by atoms with van der Waals surface area (Å²) in [6.07, 6.45) is 0.229. The molecule has 142 valence electrons. The lowest BCUT2D eigenvalue weighted by Crippen LogP contribution is -2.29. The highest BCUT2D eigenvalue weighted by atomic mass is 16.6. The van der Waals surface area contributed by atoms with Crippen LogP contribution in [0.3, 0.4) is 0 Å². The van der Waals surface area contributed by atoms with Gasteiger partial charge in [-0.15, -0.1) is 0 Å². The normalized spacial score (nSPS) is 24.4. The lowest BCUT2D eigenvalue weighted by Gasteiger charge is -2.23. The van der Waals surface area contributed by atoms with E-state index in [1.807, 2.05) is 19.1 Å². The maximum absolute atomic E-state index is 12.4. The maximum Gasteiger partial charge on any atom is 0.338 e. The van der Waals surface area contributed by atoms with Crippen molar-refractivity contribution < 1.29 is 24.2 Å². The predicted octanol–water partition coefficient (Wildman–Crippen LogP) is 3.48. The van der Waals surface area contributed by atoms with Crippen LogP contribution in [0.4, 0.5) is 0 Å². The van der Waals surface area contributed by atoms with Crippen molar-refractivity contribution in [3.05, 3.63) is 71.8 Å². The van der Waals surface area contributed by atoms with Crippen LogP contribution in [0.2, 0.25) is 0 Å². The highest BCUT2D eigenvalue weighted by Gasteiger charge is 2.46. The molecule has 2 aromatic carbocycles. The first kappa shape index (κ1) is 19.1. The number of ether oxygens (including phenoxy) is 2. The molecule has 0 radical (unpaired) electrons. The fourth-order valence-electron chi connectivity index (χ4n) is 3.78. The number of carbonyl (C=O) groups is 2. The van der Waals surface area contributed by atoms with E-state index >= 15 is 0 Å². The van der Waals surface area contributed by atoms with E-state index in [2.05, 4.69) is 0 Å². The fraction of sp³-hybridized carbons (Fsp3) is 0.364. The first-order valence-corrected chi connectivity index (χ1v) is 9.27. The number of carbonyl (C=O) groups excluding carboxylic acids is 2. The Morgan fingerprint density at radius 2 is 1.30 bits per heavy atom. The van der Waals surface area contributed by atoms with E-state index < -0.39 is 24.1 Å². The summed E-state index contributed by atoms with van der Waals surface area (Å²) in [4.78, 5) is 24.8. The van der Waals surface area contributed by atoms with Gasteiger partial charge in [-0.3, -0.25) is 0 Å². The van der Waals surface area contributed by atoms with Crippen LogP contribution in [0.5, 0.6) is 0 Å². The Morgan fingerprint density at radius 3 is 1.70 bits per heavy atom. The quantitative estimate of drug-likeness (QED) is 0.791. The SMILES string of the molecule is CC[C@@H]1[C@H](CO)[C@@H](OC(=O)c2ccccc2)C[C@H]1OC(=O)c1ccccc1.